The molecule has 3 N–H and O–H groups in total. The van der Waals surface area contributed by atoms with E-state index in [0.29, 0.717) is 12.0 Å². The van der Waals surface area contributed by atoms with Gasteiger partial charge in [-0.1, -0.05) is 6.92 Å². The molecule has 0 amide bonds. The first-order chi connectivity index (χ1) is 10.6. The number of ether oxygens (including phenoxy) is 1. The number of alkyl halides is 3. The molecule has 8 heteroatoms. The zero-order valence-electron chi connectivity index (χ0n) is 12.5. The molecule has 1 unspecified atom stereocenters. The molecule has 2 rings (SSSR count). The molecule has 1 aliphatic heterocycles. The zero-order valence-corrected chi connectivity index (χ0v) is 12.5. The Morgan fingerprint density at radius 3 is 2.30 bits per heavy atom. The number of carbonyl (C=O) groups is 1. The average molecular weight is 334 g/mol. The molecule has 0 spiro atoms. The van der Waals surface area contributed by atoms with Crippen molar-refractivity contribution in [1.29, 1.82) is 0 Å². The first kappa shape index (κ1) is 18.8. The monoisotopic (exact) mass is 334 g/mol. The number of carboxylic acid groups (broad SMARTS) is 1. The van der Waals surface area contributed by atoms with Crippen molar-refractivity contribution in [3.05, 3.63) is 28.8 Å². The highest BCUT2D eigenvalue weighted by molar-refractivity contribution is 5.95. The summed E-state index contributed by atoms with van der Waals surface area (Å²) in [6, 6.07) is 2.49. The predicted octanol–water partition coefficient (Wildman–Crippen LogP) is 2.74. The van der Waals surface area contributed by atoms with Crippen LogP contribution in [0.1, 0.15) is 25.0 Å². The van der Waals surface area contributed by atoms with Gasteiger partial charge in [0.05, 0.1) is 5.57 Å². The number of phenolic OH excluding ortho intramolecular Hbond substituents is 1. The number of aliphatic hydroxyl groups excluding tert-OH is 1. The number of rotatable bonds is 2. The summed E-state index contributed by atoms with van der Waals surface area (Å²) >= 11 is 0. The van der Waals surface area contributed by atoms with E-state index in [0.717, 1.165) is 12.1 Å². The van der Waals surface area contributed by atoms with Crippen LogP contribution in [0.25, 0.3) is 6.08 Å². The second-order valence-corrected chi connectivity index (χ2v) is 4.63. The van der Waals surface area contributed by atoms with Gasteiger partial charge in [-0.2, -0.15) is 13.2 Å². The Kier molecular flexibility index (Phi) is 6.03. The second kappa shape index (κ2) is 7.36. The van der Waals surface area contributed by atoms with E-state index >= 15 is 0 Å². The molecule has 0 radical (unpaired) electrons. The summed E-state index contributed by atoms with van der Waals surface area (Å²) in [4.78, 5) is 10.9. The Labute approximate surface area is 130 Å². The van der Waals surface area contributed by atoms with Crippen LogP contribution >= 0.6 is 0 Å². The van der Waals surface area contributed by atoms with Crippen LogP contribution in [0.15, 0.2) is 17.7 Å². The van der Waals surface area contributed by atoms with Gasteiger partial charge in [0.2, 0.25) is 6.10 Å². The van der Waals surface area contributed by atoms with Crippen LogP contribution in [0.3, 0.4) is 0 Å². The standard InChI is InChI=1S/C13H11F3O4.C2H6O/c1-2-6-3-7-4-8(12(18)19)11(13(14,15)16)20-10(7)5-9(6)17;1-2-3/h3-5,11,17H,2H2,1H3,(H,18,19);3H,2H2,1H3. The fourth-order valence-electron chi connectivity index (χ4n) is 1.98. The number of hydrogen-bond donors (Lipinski definition) is 3. The van der Waals surface area contributed by atoms with Crippen molar-refractivity contribution in [2.75, 3.05) is 6.61 Å². The fraction of sp³-hybridized carbons (Fsp3) is 0.400. The predicted molar refractivity (Wildman–Crippen MR) is 76.3 cm³/mol. The third-order valence-electron chi connectivity index (χ3n) is 2.97. The molecular weight excluding hydrogens is 317 g/mol. The van der Waals surface area contributed by atoms with E-state index < -0.39 is 23.8 Å². The van der Waals surface area contributed by atoms with Gasteiger partial charge in [-0.15, -0.1) is 0 Å². The third kappa shape index (κ3) is 4.38. The van der Waals surface area contributed by atoms with Gasteiger partial charge in [0, 0.05) is 18.2 Å². The highest BCUT2D eigenvalue weighted by Crippen LogP contribution is 2.39. The van der Waals surface area contributed by atoms with E-state index in [2.05, 4.69) is 0 Å². The van der Waals surface area contributed by atoms with E-state index in [4.69, 9.17) is 14.9 Å². The van der Waals surface area contributed by atoms with Crippen molar-refractivity contribution in [1.82, 2.24) is 0 Å². The first-order valence-corrected chi connectivity index (χ1v) is 6.80. The lowest BCUT2D eigenvalue weighted by Crippen LogP contribution is -2.40. The molecule has 1 heterocycles. The highest BCUT2D eigenvalue weighted by Gasteiger charge is 2.48. The number of hydrogen-bond acceptors (Lipinski definition) is 4. The molecular formula is C15H17F3O5. The Hall–Kier alpha value is -2.22. The van der Waals surface area contributed by atoms with Crippen molar-refractivity contribution in [2.45, 2.75) is 32.5 Å². The molecule has 1 atom stereocenters. The average Bonchev–Trinajstić information content (AvgIpc) is 2.45. The molecule has 1 aromatic rings. The van der Waals surface area contributed by atoms with Crippen molar-refractivity contribution in [3.63, 3.8) is 0 Å². The number of aliphatic carboxylic acids is 1. The second-order valence-electron chi connectivity index (χ2n) is 4.63. The van der Waals surface area contributed by atoms with Crippen LogP contribution in [0.4, 0.5) is 13.2 Å². The minimum atomic E-state index is -4.85. The molecule has 0 saturated carbocycles. The molecule has 5 nitrogen and oxygen atoms in total. The fourth-order valence-corrected chi connectivity index (χ4v) is 1.98. The minimum Gasteiger partial charge on any atom is -0.508 e. The Balaban J connectivity index is 0.000000816. The number of halogens is 3. The third-order valence-corrected chi connectivity index (χ3v) is 2.97. The maximum atomic E-state index is 12.8. The van der Waals surface area contributed by atoms with Gasteiger partial charge in [0.15, 0.2) is 0 Å². The summed E-state index contributed by atoms with van der Waals surface area (Å²) in [5.74, 6) is -2.06. The quantitative estimate of drug-likeness (QED) is 0.774. The van der Waals surface area contributed by atoms with Crippen molar-refractivity contribution >= 4 is 12.0 Å². The van der Waals surface area contributed by atoms with Crippen molar-refractivity contribution in [2.24, 2.45) is 0 Å². The lowest BCUT2D eigenvalue weighted by Gasteiger charge is -2.27. The molecule has 0 aliphatic carbocycles. The molecule has 0 fully saturated rings. The lowest BCUT2D eigenvalue weighted by atomic mass is 9.98. The molecule has 128 valence electrons. The maximum Gasteiger partial charge on any atom is 0.430 e. The van der Waals surface area contributed by atoms with E-state index in [9.17, 15) is 23.1 Å². The van der Waals surface area contributed by atoms with Gasteiger partial charge in [0.25, 0.3) is 0 Å². The SMILES string of the molecule is CCO.CCc1cc2c(cc1O)OC(C(F)(F)F)C(C(=O)O)=C2. The van der Waals surface area contributed by atoms with E-state index in [1.54, 1.807) is 13.8 Å². The van der Waals surface area contributed by atoms with Crippen LogP contribution in [0, 0.1) is 0 Å². The Bertz CT molecular complexity index is 608. The van der Waals surface area contributed by atoms with Crippen molar-refractivity contribution in [3.8, 4) is 11.5 Å². The van der Waals surface area contributed by atoms with Gasteiger partial charge in [0.1, 0.15) is 11.5 Å². The molecule has 0 bridgehead atoms. The van der Waals surface area contributed by atoms with Gasteiger partial charge < -0.3 is 20.1 Å². The molecule has 1 aromatic carbocycles. The summed E-state index contributed by atoms with van der Waals surface area (Å²) in [6.45, 7) is 3.69. The Morgan fingerprint density at radius 2 is 1.87 bits per heavy atom. The largest absolute Gasteiger partial charge is 0.508 e. The van der Waals surface area contributed by atoms with E-state index in [-0.39, 0.29) is 23.7 Å². The van der Waals surface area contributed by atoms with E-state index in [1.165, 1.54) is 6.07 Å². The summed E-state index contributed by atoms with van der Waals surface area (Å²) in [5.41, 5.74) is -0.172. The Morgan fingerprint density at radius 1 is 1.30 bits per heavy atom. The molecule has 23 heavy (non-hydrogen) atoms. The van der Waals surface area contributed by atoms with Crippen LogP contribution in [0.2, 0.25) is 0 Å². The number of phenols is 1. The van der Waals surface area contributed by atoms with E-state index in [1.807, 2.05) is 0 Å². The topological polar surface area (TPSA) is 87.0 Å². The highest BCUT2D eigenvalue weighted by atomic mass is 19.4. The first-order valence-electron chi connectivity index (χ1n) is 6.80. The summed E-state index contributed by atoms with van der Waals surface area (Å²) in [7, 11) is 0. The van der Waals surface area contributed by atoms with Crippen LogP contribution in [-0.4, -0.2) is 40.2 Å². The molecule has 1 aliphatic rings. The van der Waals surface area contributed by atoms with Crippen molar-refractivity contribution < 1.29 is 38.0 Å². The van der Waals surface area contributed by atoms with Gasteiger partial charge in [-0.3, -0.25) is 0 Å². The summed E-state index contributed by atoms with van der Waals surface area (Å²) < 4.78 is 43.1. The number of aryl methyl sites for hydroxylation is 1. The lowest BCUT2D eigenvalue weighted by molar-refractivity contribution is -0.187. The number of carboxylic acids is 1. The normalized spacial score (nSPS) is 16.4. The number of benzene rings is 1. The number of fused-ring (bicyclic) bond motifs is 1. The zero-order chi connectivity index (χ0) is 17.8. The molecule has 0 aromatic heterocycles. The maximum absolute atomic E-state index is 12.8. The van der Waals surface area contributed by atoms with Gasteiger partial charge in [-0.05, 0) is 31.1 Å². The summed E-state index contributed by atoms with van der Waals surface area (Å²) in [6.07, 6.45) is -6.00. The van der Waals surface area contributed by atoms with Crippen LogP contribution in [-0.2, 0) is 11.2 Å². The molecule has 0 saturated heterocycles. The van der Waals surface area contributed by atoms with Crippen LogP contribution < -0.4 is 4.74 Å². The van der Waals surface area contributed by atoms with Gasteiger partial charge in [-0.25, -0.2) is 4.79 Å². The smallest absolute Gasteiger partial charge is 0.430 e. The minimum absolute atomic E-state index is 0.181. The van der Waals surface area contributed by atoms with Gasteiger partial charge >= 0.3 is 12.1 Å². The summed E-state index contributed by atoms with van der Waals surface area (Å²) in [5, 5.41) is 26.1. The number of aromatic hydroxyl groups is 1. The number of aliphatic hydroxyl groups is 1. The van der Waals surface area contributed by atoms with Crippen LogP contribution in [0.5, 0.6) is 11.5 Å².